The van der Waals surface area contributed by atoms with E-state index < -0.39 is 5.97 Å². The Morgan fingerprint density at radius 2 is 1.67 bits per heavy atom. The average Bonchev–Trinajstić information content (AvgIpc) is 2.77. The van der Waals surface area contributed by atoms with Crippen molar-refractivity contribution in [2.24, 2.45) is 5.92 Å². The Morgan fingerprint density at radius 1 is 1.00 bits per heavy atom. The van der Waals surface area contributed by atoms with Gasteiger partial charge in [0.25, 0.3) is 0 Å². The number of aliphatic carboxylic acids is 1. The molecule has 1 aliphatic heterocycles. The molecule has 172 valence electrons. The predicted molar refractivity (Wildman–Crippen MR) is 141 cm³/mol. The van der Waals surface area contributed by atoms with E-state index in [1.807, 2.05) is 0 Å². The second-order valence-electron chi connectivity index (χ2n) is 9.50. The SMILES string of the molecule is CSN1c2c(C)c(CC(=O)O)c(-c3ccc(C)cc3)c(C)c2-c2ccccc2[C@@H]1CC(C)C. The first-order valence-electron chi connectivity index (χ1n) is 11.6. The molecule has 0 aromatic heterocycles. The van der Waals surface area contributed by atoms with E-state index in [1.165, 1.54) is 27.9 Å². The Kier molecular flexibility index (Phi) is 6.58. The standard InChI is InChI=1S/C29H33NO2S/c1-17(2)15-25-22-9-7-8-10-23(22)28-20(5)27(21-13-11-18(3)12-14-21)24(16-26(31)32)19(4)29(28)30(25)33-6/h7-14,17,25H,15-16H2,1-6H3,(H,31,32)/t25-/m0/s1. The van der Waals surface area contributed by atoms with Crippen LogP contribution in [0, 0.1) is 26.7 Å². The van der Waals surface area contributed by atoms with Gasteiger partial charge in [0, 0.05) is 11.8 Å². The van der Waals surface area contributed by atoms with E-state index in [2.05, 4.69) is 93.7 Å². The highest BCUT2D eigenvalue weighted by Crippen LogP contribution is 2.54. The summed E-state index contributed by atoms with van der Waals surface area (Å²) in [5, 5.41) is 9.83. The molecule has 1 heterocycles. The number of rotatable bonds is 6. The van der Waals surface area contributed by atoms with Crippen molar-refractivity contribution in [2.75, 3.05) is 10.6 Å². The van der Waals surface area contributed by atoms with Gasteiger partial charge in [-0.2, -0.15) is 0 Å². The lowest BCUT2D eigenvalue weighted by Gasteiger charge is -2.42. The predicted octanol–water partition coefficient (Wildman–Crippen LogP) is 7.76. The molecule has 0 spiro atoms. The molecule has 0 radical (unpaired) electrons. The molecule has 4 heteroatoms. The fourth-order valence-corrected chi connectivity index (χ4v) is 6.19. The van der Waals surface area contributed by atoms with Crippen molar-refractivity contribution in [3.63, 3.8) is 0 Å². The zero-order valence-corrected chi connectivity index (χ0v) is 21.2. The van der Waals surface area contributed by atoms with Crippen molar-refractivity contribution < 1.29 is 9.90 Å². The number of nitrogens with zero attached hydrogens (tertiary/aromatic N) is 1. The molecule has 0 saturated heterocycles. The van der Waals surface area contributed by atoms with Gasteiger partial charge >= 0.3 is 5.97 Å². The second kappa shape index (κ2) is 9.26. The van der Waals surface area contributed by atoms with Crippen LogP contribution in [-0.4, -0.2) is 17.3 Å². The smallest absolute Gasteiger partial charge is 0.307 e. The van der Waals surface area contributed by atoms with Crippen LogP contribution in [0.15, 0.2) is 48.5 Å². The van der Waals surface area contributed by atoms with Gasteiger partial charge < -0.3 is 9.41 Å². The zero-order valence-electron chi connectivity index (χ0n) is 20.4. The van der Waals surface area contributed by atoms with Gasteiger partial charge in [-0.15, -0.1) is 0 Å². The number of benzene rings is 3. The minimum Gasteiger partial charge on any atom is -0.481 e. The Hall–Kier alpha value is -2.72. The quantitative estimate of drug-likeness (QED) is 0.382. The third kappa shape index (κ3) is 4.17. The van der Waals surface area contributed by atoms with E-state index in [4.69, 9.17) is 0 Å². The van der Waals surface area contributed by atoms with Gasteiger partial charge in [0.05, 0.1) is 18.2 Å². The molecular weight excluding hydrogens is 426 g/mol. The van der Waals surface area contributed by atoms with E-state index in [0.717, 1.165) is 34.2 Å². The minimum absolute atomic E-state index is 0.0158. The van der Waals surface area contributed by atoms with Crippen LogP contribution in [0.25, 0.3) is 22.3 Å². The van der Waals surface area contributed by atoms with E-state index in [1.54, 1.807) is 11.9 Å². The van der Waals surface area contributed by atoms with Crippen LogP contribution in [0.1, 0.15) is 54.1 Å². The van der Waals surface area contributed by atoms with Gasteiger partial charge in [0.15, 0.2) is 0 Å². The van der Waals surface area contributed by atoms with Crippen molar-refractivity contribution in [1.82, 2.24) is 0 Å². The van der Waals surface area contributed by atoms with Crippen LogP contribution < -0.4 is 4.31 Å². The summed E-state index contributed by atoms with van der Waals surface area (Å²) in [7, 11) is 0. The molecule has 1 aliphatic rings. The van der Waals surface area contributed by atoms with Crippen LogP contribution >= 0.6 is 11.9 Å². The highest BCUT2D eigenvalue weighted by atomic mass is 32.2. The van der Waals surface area contributed by atoms with Crippen molar-refractivity contribution in [1.29, 1.82) is 0 Å². The average molecular weight is 460 g/mol. The summed E-state index contributed by atoms with van der Waals surface area (Å²) in [6, 6.07) is 17.5. The number of carboxylic acid groups (broad SMARTS) is 1. The minimum atomic E-state index is -0.795. The molecular formula is C29H33NO2S. The largest absolute Gasteiger partial charge is 0.481 e. The highest BCUT2D eigenvalue weighted by molar-refractivity contribution is 8.00. The monoisotopic (exact) mass is 459 g/mol. The molecule has 3 nitrogen and oxygen atoms in total. The second-order valence-corrected chi connectivity index (χ2v) is 10.3. The number of carbonyl (C=O) groups is 1. The number of fused-ring (bicyclic) bond motifs is 3. The Morgan fingerprint density at radius 3 is 2.27 bits per heavy atom. The molecule has 0 aliphatic carbocycles. The van der Waals surface area contributed by atoms with Crippen molar-refractivity contribution in [2.45, 2.75) is 53.5 Å². The van der Waals surface area contributed by atoms with Gasteiger partial charge in [0.2, 0.25) is 0 Å². The molecule has 3 aromatic rings. The topological polar surface area (TPSA) is 40.5 Å². The lowest BCUT2D eigenvalue weighted by atomic mass is 9.78. The molecule has 33 heavy (non-hydrogen) atoms. The van der Waals surface area contributed by atoms with E-state index in [0.29, 0.717) is 5.92 Å². The van der Waals surface area contributed by atoms with E-state index in [-0.39, 0.29) is 12.5 Å². The van der Waals surface area contributed by atoms with Crippen LogP contribution in [0.4, 0.5) is 5.69 Å². The summed E-state index contributed by atoms with van der Waals surface area (Å²) in [4.78, 5) is 12.0. The first kappa shape index (κ1) is 23.4. The number of hydrogen-bond donors (Lipinski definition) is 1. The molecule has 0 fully saturated rings. The van der Waals surface area contributed by atoms with Crippen molar-refractivity contribution >= 4 is 23.6 Å². The van der Waals surface area contributed by atoms with Gasteiger partial charge in [-0.3, -0.25) is 4.79 Å². The third-order valence-electron chi connectivity index (χ3n) is 6.75. The molecule has 0 saturated carbocycles. The normalized spacial score (nSPS) is 14.9. The number of aryl methyl sites for hydroxylation is 1. The summed E-state index contributed by atoms with van der Waals surface area (Å²) in [6.45, 7) is 10.9. The lowest BCUT2D eigenvalue weighted by molar-refractivity contribution is -0.136. The first-order valence-corrected chi connectivity index (χ1v) is 12.8. The van der Waals surface area contributed by atoms with Gasteiger partial charge in [-0.25, -0.2) is 0 Å². The Labute approximate surface area is 202 Å². The summed E-state index contributed by atoms with van der Waals surface area (Å²) < 4.78 is 2.43. The molecule has 0 amide bonds. The first-order chi connectivity index (χ1) is 15.7. The van der Waals surface area contributed by atoms with Crippen LogP contribution in [0.5, 0.6) is 0 Å². The third-order valence-corrected chi connectivity index (χ3v) is 7.58. The van der Waals surface area contributed by atoms with Crippen molar-refractivity contribution in [3.8, 4) is 22.3 Å². The fraction of sp³-hybridized carbons (Fsp3) is 0.345. The molecule has 0 unspecified atom stereocenters. The number of anilines is 1. The maximum Gasteiger partial charge on any atom is 0.307 e. The summed E-state index contributed by atoms with van der Waals surface area (Å²) in [5.74, 6) is -0.248. The van der Waals surface area contributed by atoms with Crippen molar-refractivity contribution in [3.05, 3.63) is 76.3 Å². The van der Waals surface area contributed by atoms with Crippen LogP contribution in [-0.2, 0) is 11.2 Å². The van der Waals surface area contributed by atoms with Gasteiger partial charge in [0.1, 0.15) is 0 Å². The summed E-state index contributed by atoms with van der Waals surface area (Å²) in [5.41, 5.74) is 11.5. The highest BCUT2D eigenvalue weighted by Gasteiger charge is 2.35. The summed E-state index contributed by atoms with van der Waals surface area (Å²) >= 11 is 1.74. The molecule has 3 aromatic carbocycles. The summed E-state index contributed by atoms with van der Waals surface area (Å²) in [6.07, 6.45) is 3.19. The van der Waals surface area contributed by atoms with Gasteiger partial charge in [-0.05, 0) is 72.1 Å². The molecule has 1 N–H and O–H groups in total. The van der Waals surface area contributed by atoms with Gasteiger partial charge in [-0.1, -0.05) is 79.9 Å². The van der Waals surface area contributed by atoms with E-state index >= 15 is 0 Å². The Bertz CT molecular complexity index is 1200. The molecule has 4 rings (SSSR count). The van der Waals surface area contributed by atoms with Crippen LogP contribution in [0.3, 0.4) is 0 Å². The number of carboxylic acids is 1. The maximum atomic E-state index is 12.0. The molecule has 0 bridgehead atoms. The van der Waals surface area contributed by atoms with Crippen LogP contribution in [0.2, 0.25) is 0 Å². The van der Waals surface area contributed by atoms with E-state index in [9.17, 15) is 9.90 Å². The molecule has 1 atom stereocenters. The zero-order chi connectivity index (χ0) is 23.9. The number of hydrogen-bond acceptors (Lipinski definition) is 3. The maximum absolute atomic E-state index is 12.0. The Balaban J connectivity index is 2.10. The lowest BCUT2D eigenvalue weighted by Crippen LogP contribution is -2.29. The fourth-order valence-electron chi connectivity index (χ4n) is 5.32.